The quantitative estimate of drug-likeness (QED) is 0.369. The Labute approximate surface area is 215 Å². The number of imide groups is 1. The third-order valence-corrected chi connectivity index (χ3v) is 11.7. The summed E-state index contributed by atoms with van der Waals surface area (Å²) in [6.45, 7) is 11.1. The van der Waals surface area contributed by atoms with E-state index in [-0.39, 0.29) is 30.0 Å². The van der Waals surface area contributed by atoms with Crippen molar-refractivity contribution in [2.24, 2.45) is 0 Å². The lowest BCUT2D eigenvalue weighted by atomic mass is 9.94. The van der Waals surface area contributed by atoms with Gasteiger partial charge in [-0.1, -0.05) is 69.3 Å². The molecular formula is C28H38N2O5Si. The minimum Gasteiger partial charge on any atom is -0.412 e. The van der Waals surface area contributed by atoms with E-state index in [1.165, 1.54) is 5.56 Å². The smallest absolute Gasteiger partial charge is 0.364 e. The molecule has 1 unspecified atom stereocenters. The van der Waals surface area contributed by atoms with Crippen LogP contribution >= 0.6 is 0 Å². The fourth-order valence-corrected chi connectivity index (χ4v) is 5.37. The lowest BCUT2D eigenvalue weighted by molar-refractivity contribution is -0.172. The van der Waals surface area contributed by atoms with Gasteiger partial charge in [-0.2, -0.15) is 0 Å². The molecule has 36 heavy (non-hydrogen) atoms. The fraction of sp³-hybridized carbons (Fsp3) is 0.464. The zero-order chi connectivity index (χ0) is 26.5. The van der Waals surface area contributed by atoms with Gasteiger partial charge in [0.15, 0.2) is 8.32 Å². The summed E-state index contributed by atoms with van der Waals surface area (Å²) in [6, 6.07) is 17.4. The lowest BCUT2D eigenvalue weighted by Gasteiger charge is -2.41. The van der Waals surface area contributed by atoms with E-state index in [1.54, 1.807) is 12.1 Å². The summed E-state index contributed by atoms with van der Waals surface area (Å²) in [5, 5.41) is 4.04. The molecule has 0 bridgehead atoms. The maximum Gasteiger partial charge on any atom is 0.364 e. The van der Waals surface area contributed by atoms with Gasteiger partial charge in [-0.25, -0.2) is 4.79 Å². The number of likely N-dealkylation sites (N-methyl/N-ethyl adjacent to an activating group) is 1. The molecule has 1 saturated heterocycles. The highest BCUT2D eigenvalue weighted by Crippen LogP contribution is 2.38. The van der Waals surface area contributed by atoms with Gasteiger partial charge in [-0.15, -0.1) is 5.06 Å². The van der Waals surface area contributed by atoms with Crippen molar-refractivity contribution in [1.82, 2.24) is 10.4 Å². The van der Waals surface area contributed by atoms with Gasteiger partial charge < -0.3 is 14.6 Å². The summed E-state index contributed by atoms with van der Waals surface area (Å²) in [5.74, 6) is -1.71. The second-order valence-electron chi connectivity index (χ2n) is 10.8. The SMILES string of the molecule is CNC(Cc1ccccc1)[C@@H](Cc1ccccc1C(=O)ON1C(=O)CCC1=O)O[Si](C)(C)C(C)(C)C. The van der Waals surface area contributed by atoms with E-state index in [0.717, 1.165) is 12.0 Å². The van der Waals surface area contributed by atoms with Crippen LogP contribution in [0.3, 0.4) is 0 Å². The summed E-state index contributed by atoms with van der Waals surface area (Å²) in [5.41, 5.74) is 2.27. The van der Waals surface area contributed by atoms with Crippen LogP contribution in [0.2, 0.25) is 18.1 Å². The number of rotatable bonds is 10. The summed E-state index contributed by atoms with van der Waals surface area (Å²) in [4.78, 5) is 42.2. The van der Waals surface area contributed by atoms with E-state index >= 15 is 0 Å². The second-order valence-corrected chi connectivity index (χ2v) is 15.6. The first kappa shape index (κ1) is 27.8. The van der Waals surface area contributed by atoms with Gasteiger partial charge in [0.05, 0.1) is 11.7 Å². The standard InChI is InChI=1S/C28H38N2O5Si/c1-28(2,3)36(5,6)35-24(23(29-4)18-20-12-8-7-9-13-20)19-21-14-10-11-15-22(21)27(33)34-30-25(31)16-17-26(30)32/h7-15,23-24,29H,16-19H2,1-6H3/t23?,24-/m1/s1. The molecule has 0 spiro atoms. The maximum absolute atomic E-state index is 13.1. The van der Waals surface area contributed by atoms with E-state index in [1.807, 2.05) is 37.4 Å². The molecule has 8 heteroatoms. The topological polar surface area (TPSA) is 84.9 Å². The van der Waals surface area contributed by atoms with E-state index < -0.39 is 26.1 Å². The molecule has 2 atom stereocenters. The number of carbonyl (C=O) groups excluding carboxylic acids is 3. The van der Waals surface area contributed by atoms with Crippen LogP contribution in [0.4, 0.5) is 0 Å². The van der Waals surface area contributed by atoms with Gasteiger partial charge >= 0.3 is 5.97 Å². The lowest BCUT2D eigenvalue weighted by Crippen LogP contribution is -2.51. The molecule has 2 amide bonds. The van der Waals surface area contributed by atoms with Gasteiger partial charge in [0.1, 0.15) is 0 Å². The Morgan fingerprint density at radius 2 is 1.56 bits per heavy atom. The van der Waals surface area contributed by atoms with E-state index in [4.69, 9.17) is 9.26 Å². The zero-order valence-electron chi connectivity index (χ0n) is 22.2. The van der Waals surface area contributed by atoms with Crippen LogP contribution in [0, 0.1) is 0 Å². The largest absolute Gasteiger partial charge is 0.412 e. The van der Waals surface area contributed by atoms with Gasteiger partial charge in [-0.05, 0) is 55.2 Å². The highest BCUT2D eigenvalue weighted by Gasteiger charge is 2.41. The molecule has 0 radical (unpaired) electrons. The Morgan fingerprint density at radius 1 is 0.972 bits per heavy atom. The molecule has 0 saturated carbocycles. The van der Waals surface area contributed by atoms with Gasteiger partial charge in [0, 0.05) is 18.9 Å². The van der Waals surface area contributed by atoms with Crippen LogP contribution in [0.5, 0.6) is 0 Å². The third-order valence-electron chi connectivity index (χ3n) is 7.21. The van der Waals surface area contributed by atoms with Crippen molar-refractivity contribution in [2.75, 3.05) is 7.05 Å². The predicted octanol–water partition coefficient (Wildman–Crippen LogP) is 4.67. The first-order valence-corrected chi connectivity index (χ1v) is 15.4. The third kappa shape index (κ3) is 6.69. The minimum absolute atomic E-state index is 0.00517. The molecule has 1 aliphatic rings. The van der Waals surface area contributed by atoms with E-state index in [0.29, 0.717) is 17.0 Å². The normalized spacial score (nSPS) is 16.2. The molecule has 0 aliphatic carbocycles. The van der Waals surface area contributed by atoms with Crippen LogP contribution in [-0.2, 0) is 31.7 Å². The van der Waals surface area contributed by atoms with Crippen LogP contribution in [0.15, 0.2) is 54.6 Å². The van der Waals surface area contributed by atoms with Gasteiger partial charge in [0.2, 0.25) is 0 Å². The molecule has 1 fully saturated rings. The Morgan fingerprint density at radius 3 is 2.14 bits per heavy atom. The first-order valence-electron chi connectivity index (χ1n) is 12.5. The van der Waals surface area contributed by atoms with Crippen molar-refractivity contribution in [1.29, 1.82) is 0 Å². The van der Waals surface area contributed by atoms with Gasteiger partial charge in [-0.3, -0.25) is 9.59 Å². The number of hydrogen-bond donors (Lipinski definition) is 1. The maximum atomic E-state index is 13.1. The van der Waals surface area contributed by atoms with Crippen LogP contribution < -0.4 is 5.32 Å². The van der Waals surface area contributed by atoms with Crippen molar-refractivity contribution < 1.29 is 23.6 Å². The molecule has 0 aromatic heterocycles. The summed E-state index contributed by atoms with van der Waals surface area (Å²) >= 11 is 0. The Hall–Kier alpha value is -2.81. The van der Waals surface area contributed by atoms with Crippen LogP contribution in [-0.4, -0.2) is 50.4 Å². The van der Waals surface area contributed by atoms with Crippen molar-refractivity contribution in [3.63, 3.8) is 0 Å². The number of nitrogens with one attached hydrogen (secondary N) is 1. The van der Waals surface area contributed by atoms with Crippen LogP contribution in [0.1, 0.15) is 55.1 Å². The van der Waals surface area contributed by atoms with Crippen molar-refractivity contribution in [3.05, 3.63) is 71.3 Å². The number of carbonyl (C=O) groups is 3. The monoisotopic (exact) mass is 510 g/mol. The Kier molecular flexibility index (Phi) is 8.87. The average Bonchev–Trinajstić information content (AvgIpc) is 3.14. The fourth-order valence-electron chi connectivity index (χ4n) is 4.01. The molecule has 194 valence electrons. The number of hydroxylamine groups is 2. The zero-order valence-corrected chi connectivity index (χ0v) is 23.2. The summed E-state index contributed by atoms with van der Waals surface area (Å²) in [6.07, 6.45) is 1.12. The second kappa shape index (κ2) is 11.5. The molecule has 3 rings (SSSR count). The van der Waals surface area contributed by atoms with Crippen molar-refractivity contribution in [3.8, 4) is 0 Å². The number of benzene rings is 2. The summed E-state index contributed by atoms with van der Waals surface area (Å²) in [7, 11) is -0.233. The first-order chi connectivity index (χ1) is 16.9. The van der Waals surface area contributed by atoms with Crippen molar-refractivity contribution in [2.45, 2.75) is 76.7 Å². The number of amides is 2. The minimum atomic E-state index is -2.16. The molecule has 1 N–H and O–H groups in total. The predicted molar refractivity (Wildman–Crippen MR) is 142 cm³/mol. The van der Waals surface area contributed by atoms with Gasteiger partial charge in [0.25, 0.3) is 11.8 Å². The molecular weight excluding hydrogens is 472 g/mol. The molecule has 7 nitrogen and oxygen atoms in total. The number of nitrogens with zero attached hydrogens (tertiary/aromatic N) is 1. The summed E-state index contributed by atoms with van der Waals surface area (Å²) < 4.78 is 6.94. The highest BCUT2D eigenvalue weighted by atomic mass is 28.4. The van der Waals surface area contributed by atoms with E-state index in [9.17, 15) is 14.4 Å². The average molecular weight is 511 g/mol. The van der Waals surface area contributed by atoms with Crippen LogP contribution in [0.25, 0.3) is 0 Å². The Bertz CT molecular complexity index is 1060. The molecule has 2 aromatic carbocycles. The highest BCUT2D eigenvalue weighted by molar-refractivity contribution is 6.74. The molecule has 2 aromatic rings. The molecule has 1 aliphatic heterocycles. The Balaban J connectivity index is 1.91. The number of hydrogen-bond acceptors (Lipinski definition) is 6. The van der Waals surface area contributed by atoms with Crippen molar-refractivity contribution >= 4 is 26.1 Å². The molecule has 1 heterocycles. The van der Waals surface area contributed by atoms with E-state index in [2.05, 4.69) is 51.3 Å².